The van der Waals surface area contributed by atoms with Crippen molar-refractivity contribution in [3.05, 3.63) is 12.2 Å². The molecular weight excluding hydrogens is 348 g/mol. The minimum absolute atomic E-state index is 0.126. The number of hydrogen-bond acceptors (Lipinski definition) is 6. The summed E-state index contributed by atoms with van der Waals surface area (Å²) in [5.41, 5.74) is -1.64. The van der Waals surface area contributed by atoms with Crippen molar-refractivity contribution in [2.45, 2.75) is 91.6 Å². The van der Waals surface area contributed by atoms with Gasteiger partial charge in [-0.05, 0) is 74.8 Å². The van der Waals surface area contributed by atoms with Gasteiger partial charge in [-0.3, -0.25) is 4.79 Å². The van der Waals surface area contributed by atoms with E-state index in [1.165, 1.54) is 6.08 Å². The van der Waals surface area contributed by atoms with Crippen LogP contribution in [-0.4, -0.2) is 54.5 Å². The second-order valence-corrected chi connectivity index (χ2v) is 8.67. The smallest absolute Gasteiger partial charge is 0.330 e. The fourth-order valence-corrected chi connectivity index (χ4v) is 2.32. The Balaban J connectivity index is 4.40. The van der Waals surface area contributed by atoms with E-state index in [9.17, 15) is 9.59 Å². The van der Waals surface area contributed by atoms with E-state index in [2.05, 4.69) is 0 Å². The van der Waals surface area contributed by atoms with Crippen LogP contribution in [-0.2, 0) is 28.5 Å². The molecule has 0 aliphatic rings. The van der Waals surface area contributed by atoms with Crippen molar-refractivity contribution in [2.75, 3.05) is 19.8 Å². The molecule has 0 heterocycles. The highest BCUT2D eigenvalue weighted by molar-refractivity contribution is 6.00. The van der Waals surface area contributed by atoms with Crippen LogP contribution in [0.3, 0.4) is 0 Å². The molecule has 1 atom stereocenters. The largest absolute Gasteiger partial charge is 0.460 e. The lowest BCUT2D eigenvalue weighted by molar-refractivity contribution is -0.146. The van der Waals surface area contributed by atoms with Gasteiger partial charge in [0.1, 0.15) is 12.2 Å². The van der Waals surface area contributed by atoms with E-state index >= 15 is 0 Å². The van der Waals surface area contributed by atoms with Gasteiger partial charge < -0.3 is 18.9 Å². The first-order valence-electron chi connectivity index (χ1n) is 9.53. The van der Waals surface area contributed by atoms with Crippen LogP contribution in [0, 0.1) is 0 Å². The summed E-state index contributed by atoms with van der Waals surface area (Å²) in [7, 11) is 0. The van der Waals surface area contributed by atoms with Crippen LogP contribution in [0.15, 0.2) is 12.2 Å². The maximum atomic E-state index is 12.3. The molecule has 0 N–H and O–H groups in total. The van der Waals surface area contributed by atoms with Crippen molar-refractivity contribution < 1.29 is 28.5 Å². The molecule has 0 aliphatic carbocycles. The number of ether oxygens (including phenoxy) is 4. The fraction of sp³-hybridized carbons (Fsp3) is 0.810. The summed E-state index contributed by atoms with van der Waals surface area (Å²) in [6.45, 7) is 18.0. The number of carbonyl (C=O) groups excluding carboxylic acids is 2. The normalized spacial score (nSPS) is 14.4. The van der Waals surface area contributed by atoms with Gasteiger partial charge in [-0.15, -0.1) is 0 Å². The third kappa shape index (κ3) is 12.7. The van der Waals surface area contributed by atoms with Gasteiger partial charge in [-0.2, -0.15) is 0 Å². The Labute approximate surface area is 164 Å². The van der Waals surface area contributed by atoms with Gasteiger partial charge in [0.05, 0.1) is 23.9 Å². The van der Waals surface area contributed by atoms with Crippen molar-refractivity contribution in [3.63, 3.8) is 0 Å². The van der Waals surface area contributed by atoms with Gasteiger partial charge in [-0.1, -0.05) is 0 Å². The van der Waals surface area contributed by atoms with E-state index in [4.69, 9.17) is 18.9 Å². The summed E-state index contributed by atoms with van der Waals surface area (Å²) in [4.78, 5) is 24.1. The zero-order valence-electron chi connectivity index (χ0n) is 18.5. The molecule has 0 saturated heterocycles. The van der Waals surface area contributed by atoms with Crippen LogP contribution in [0.4, 0.5) is 0 Å². The van der Waals surface area contributed by atoms with Crippen molar-refractivity contribution in [2.24, 2.45) is 0 Å². The predicted molar refractivity (Wildman–Crippen MR) is 106 cm³/mol. The third-order valence-corrected chi connectivity index (χ3v) is 3.68. The number of hydrogen-bond donors (Lipinski definition) is 0. The van der Waals surface area contributed by atoms with Crippen molar-refractivity contribution >= 4 is 11.8 Å². The Hall–Kier alpha value is -1.24. The van der Waals surface area contributed by atoms with Crippen LogP contribution in [0.25, 0.3) is 0 Å². The quantitative estimate of drug-likeness (QED) is 0.375. The molecule has 6 nitrogen and oxygen atoms in total. The van der Waals surface area contributed by atoms with Gasteiger partial charge in [0.15, 0.2) is 5.78 Å². The highest BCUT2D eigenvalue weighted by atomic mass is 16.6. The van der Waals surface area contributed by atoms with E-state index < -0.39 is 11.6 Å². The Morgan fingerprint density at radius 2 is 1.56 bits per heavy atom. The second-order valence-electron chi connectivity index (χ2n) is 8.67. The SMILES string of the molecule is CCOC(C)(C)CCOC(C)(C)C(=O)/C=C/C(=O)OCC(C)OC(C)(C)C. The van der Waals surface area contributed by atoms with Crippen LogP contribution >= 0.6 is 0 Å². The third-order valence-electron chi connectivity index (χ3n) is 3.68. The van der Waals surface area contributed by atoms with Gasteiger partial charge >= 0.3 is 5.97 Å². The maximum Gasteiger partial charge on any atom is 0.330 e. The molecule has 1 unspecified atom stereocenters. The first kappa shape index (κ1) is 25.8. The molecule has 0 aliphatic heterocycles. The molecule has 0 aromatic carbocycles. The first-order valence-corrected chi connectivity index (χ1v) is 9.53. The fourth-order valence-electron chi connectivity index (χ4n) is 2.32. The highest BCUT2D eigenvalue weighted by Gasteiger charge is 2.28. The van der Waals surface area contributed by atoms with Crippen molar-refractivity contribution in [3.8, 4) is 0 Å². The van der Waals surface area contributed by atoms with Crippen LogP contribution < -0.4 is 0 Å². The van der Waals surface area contributed by atoms with Crippen molar-refractivity contribution in [1.29, 1.82) is 0 Å². The van der Waals surface area contributed by atoms with Crippen LogP contribution in [0.1, 0.15) is 68.7 Å². The summed E-state index contributed by atoms with van der Waals surface area (Å²) in [5.74, 6) is -0.881. The van der Waals surface area contributed by atoms with E-state index in [0.717, 1.165) is 6.08 Å². The molecule has 0 aromatic rings. The number of rotatable bonds is 12. The molecule has 0 amide bonds. The molecule has 27 heavy (non-hydrogen) atoms. The summed E-state index contributed by atoms with van der Waals surface area (Å²) in [6.07, 6.45) is 2.76. The number of esters is 1. The van der Waals surface area contributed by atoms with Gasteiger partial charge in [0.2, 0.25) is 0 Å². The van der Waals surface area contributed by atoms with Gasteiger partial charge in [0, 0.05) is 12.7 Å². The minimum Gasteiger partial charge on any atom is -0.460 e. The summed E-state index contributed by atoms with van der Waals surface area (Å²) in [6, 6.07) is 0. The Bertz CT molecular complexity index is 499. The maximum absolute atomic E-state index is 12.3. The predicted octanol–water partition coefficient (Wildman–Crippen LogP) is 3.86. The topological polar surface area (TPSA) is 71.1 Å². The Morgan fingerprint density at radius 3 is 2.07 bits per heavy atom. The zero-order valence-corrected chi connectivity index (χ0v) is 18.5. The molecule has 0 saturated carbocycles. The lowest BCUT2D eigenvalue weighted by atomic mass is 10.0. The molecule has 0 spiro atoms. The number of carbonyl (C=O) groups is 2. The van der Waals surface area contributed by atoms with Crippen LogP contribution in [0.5, 0.6) is 0 Å². The van der Waals surface area contributed by atoms with E-state index in [-0.39, 0.29) is 29.7 Å². The zero-order chi connectivity index (χ0) is 21.3. The van der Waals surface area contributed by atoms with Gasteiger partial charge in [0.25, 0.3) is 0 Å². The molecule has 0 bridgehead atoms. The van der Waals surface area contributed by atoms with E-state index in [0.29, 0.717) is 19.6 Å². The summed E-state index contributed by atoms with van der Waals surface area (Å²) in [5, 5.41) is 0. The Morgan fingerprint density at radius 1 is 0.963 bits per heavy atom. The van der Waals surface area contributed by atoms with Gasteiger partial charge in [-0.25, -0.2) is 4.79 Å². The molecule has 0 radical (unpaired) electrons. The molecule has 0 fully saturated rings. The second kappa shape index (κ2) is 10.9. The molecule has 0 rings (SSSR count). The Kier molecular flexibility index (Phi) is 10.4. The monoisotopic (exact) mass is 386 g/mol. The summed E-state index contributed by atoms with van der Waals surface area (Å²) < 4.78 is 22.1. The first-order chi connectivity index (χ1) is 12.2. The van der Waals surface area contributed by atoms with E-state index in [1.54, 1.807) is 13.8 Å². The standard InChI is InChI=1S/C21H38O6/c1-10-25-20(6,7)13-14-26-21(8,9)17(22)11-12-18(23)24-15-16(2)27-19(3,4)5/h11-12,16H,10,13-15H2,1-9H3/b12-11+. The average Bonchev–Trinajstić information content (AvgIpc) is 2.48. The van der Waals surface area contributed by atoms with E-state index in [1.807, 2.05) is 48.5 Å². The molecular formula is C21H38O6. The van der Waals surface area contributed by atoms with Crippen LogP contribution in [0.2, 0.25) is 0 Å². The lowest BCUT2D eigenvalue weighted by Crippen LogP contribution is -2.36. The molecule has 6 heteroatoms. The van der Waals surface area contributed by atoms with Crippen molar-refractivity contribution in [1.82, 2.24) is 0 Å². The molecule has 158 valence electrons. The lowest BCUT2D eigenvalue weighted by Gasteiger charge is -2.28. The molecule has 0 aromatic heterocycles. The minimum atomic E-state index is -1.03. The average molecular weight is 387 g/mol. The number of ketones is 1. The highest BCUT2D eigenvalue weighted by Crippen LogP contribution is 2.18. The summed E-state index contributed by atoms with van der Waals surface area (Å²) >= 11 is 0.